The van der Waals surface area contributed by atoms with Crippen LogP contribution in [0.1, 0.15) is 6.42 Å². The van der Waals surface area contributed by atoms with Crippen molar-refractivity contribution in [1.82, 2.24) is 0 Å². The van der Waals surface area contributed by atoms with Crippen molar-refractivity contribution in [1.29, 1.82) is 0 Å². The van der Waals surface area contributed by atoms with Crippen molar-refractivity contribution in [2.24, 2.45) is 0 Å². The minimum Gasteiger partial charge on any atom is -0.430 e. The van der Waals surface area contributed by atoms with Gasteiger partial charge in [-0.05, 0) is 0 Å². The predicted molar refractivity (Wildman–Crippen MR) is 24.5 cm³/mol. The molecule has 1 saturated heterocycles. The lowest BCUT2D eigenvalue weighted by Crippen LogP contribution is -2.17. The highest BCUT2D eigenvalue weighted by molar-refractivity contribution is 5.82. The normalized spacial score (nSPS) is 22.0. The van der Waals surface area contributed by atoms with Crippen molar-refractivity contribution in [3.05, 3.63) is 11.8 Å². The fourth-order valence-corrected chi connectivity index (χ4v) is 0.426. The highest BCUT2D eigenvalue weighted by atomic mass is 16.6. The lowest BCUT2D eigenvalue weighted by Gasteiger charge is -2.13. The zero-order valence-electron chi connectivity index (χ0n) is 4.01. The average Bonchev–Trinajstić information content (AvgIpc) is 1.64. The molecule has 0 spiro atoms. The molecule has 1 heterocycles. The molecule has 0 aromatic carbocycles. The number of carbonyl (C=O) groups is 1. The Kier molecular flexibility index (Phi) is 1.12. The number of carbonyl (C=O) groups excluding carboxylic acids is 2. The largest absolute Gasteiger partial charge is 0.430 e. The van der Waals surface area contributed by atoms with Crippen molar-refractivity contribution in [2.75, 3.05) is 0 Å². The van der Waals surface area contributed by atoms with Gasteiger partial charge in [0.05, 0.1) is 0 Å². The minimum absolute atomic E-state index is 0.245. The summed E-state index contributed by atoms with van der Waals surface area (Å²) in [6.07, 6.45) is 2.86. The van der Waals surface area contributed by atoms with Crippen LogP contribution in [0.2, 0.25) is 0 Å². The second-order valence-corrected chi connectivity index (χ2v) is 1.38. The number of hydrogen-bond donors (Lipinski definition) is 0. The fraction of sp³-hybridized carbons (Fsp3) is 0.200. The van der Waals surface area contributed by atoms with Crippen LogP contribution in [0.5, 0.6) is 0 Å². The van der Waals surface area contributed by atoms with Crippen molar-refractivity contribution < 1.29 is 14.3 Å². The third kappa shape index (κ3) is 0.753. The molecular formula is C5H3O3. The van der Waals surface area contributed by atoms with E-state index in [1.54, 1.807) is 0 Å². The van der Waals surface area contributed by atoms with Crippen LogP contribution < -0.4 is 0 Å². The van der Waals surface area contributed by atoms with E-state index in [1.165, 1.54) is 6.29 Å². The zero-order chi connectivity index (χ0) is 5.98. The van der Waals surface area contributed by atoms with E-state index in [2.05, 4.69) is 4.74 Å². The van der Waals surface area contributed by atoms with E-state index in [0.717, 1.165) is 6.08 Å². The summed E-state index contributed by atoms with van der Waals surface area (Å²) >= 11 is 0. The van der Waals surface area contributed by atoms with Gasteiger partial charge in [0.1, 0.15) is 12.2 Å². The van der Waals surface area contributed by atoms with Crippen LogP contribution >= 0.6 is 0 Å². The van der Waals surface area contributed by atoms with Gasteiger partial charge in [-0.15, -0.1) is 0 Å². The minimum atomic E-state index is -0.286. The van der Waals surface area contributed by atoms with Gasteiger partial charge < -0.3 is 4.74 Å². The van der Waals surface area contributed by atoms with E-state index >= 15 is 0 Å². The molecule has 1 aliphatic heterocycles. The van der Waals surface area contributed by atoms with E-state index < -0.39 is 0 Å². The quantitative estimate of drug-likeness (QED) is 0.351. The van der Waals surface area contributed by atoms with E-state index in [0.29, 0.717) is 5.76 Å². The van der Waals surface area contributed by atoms with Crippen LogP contribution in [0, 0.1) is 0 Å². The standard InChI is InChI=1S/C5H3O3/c6-2-1-4-3-5(7)8-4/h1H,3H2. The summed E-state index contributed by atoms with van der Waals surface area (Å²) in [6.45, 7) is 0. The summed E-state index contributed by atoms with van der Waals surface area (Å²) in [5, 5.41) is 0. The van der Waals surface area contributed by atoms with Crippen LogP contribution in [0.15, 0.2) is 11.8 Å². The second kappa shape index (κ2) is 1.78. The number of rotatable bonds is 1. The topological polar surface area (TPSA) is 43.4 Å². The van der Waals surface area contributed by atoms with Crippen molar-refractivity contribution in [2.45, 2.75) is 6.42 Å². The molecule has 0 unspecified atom stereocenters. The molecule has 3 nitrogen and oxygen atoms in total. The van der Waals surface area contributed by atoms with Crippen molar-refractivity contribution in [3.63, 3.8) is 0 Å². The third-order valence-electron chi connectivity index (χ3n) is 0.783. The molecule has 1 aliphatic rings. The lowest BCUT2D eigenvalue weighted by atomic mass is 10.3. The predicted octanol–water partition coefficient (Wildman–Crippen LogP) is -0.0731. The molecule has 0 saturated carbocycles. The molecule has 0 aromatic rings. The van der Waals surface area contributed by atoms with Gasteiger partial charge in [0, 0.05) is 6.08 Å². The van der Waals surface area contributed by atoms with Crippen LogP contribution in [0.4, 0.5) is 0 Å². The van der Waals surface area contributed by atoms with Gasteiger partial charge in [0.25, 0.3) is 0 Å². The molecule has 1 fully saturated rings. The Morgan fingerprint density at radius 3 is 2.75 bits per heavy atom. The molecule has 41 valence electrons. The molecule has 8 heavy (non-hydrogen) atoms. The Balaban J connectivity index is 2.44. The first kappa shape index (κ1) is 5.03. The molecule has 1 radical (unpaired) electrons. The van der Waals surface area contributed by atoms with E-state index in [1.807, 2.05) is 0 Å². The van der Waals surface area contributed by atoms with Crippen LogP contribution in [0.3, 0.4) is 0 Å². The van der Waals surface area contributed by atoms with Gasteiger partial charge in [-0.25, -0.2) is 0 Å². The average molecular weight is 111 g/mol. The Labute approximate surface area is 45.9 Å². The van der Waals surface area contributed by atoms with Gasteiger partial charge in [-0.3, -0.25) is 9.59 Å². The van der Waals surface area contributed by atoms with Gasteiger partial charge in [-0.2, -0.15) is 0 Å². The molecular weight excluding hydrogens is 108 g/mol. The number of allylic oxidation sites excluding steroid dienone is 1. The Morgan fingerprint density at radius 1 is 1.75 bits per heavy atom. The monoisotopic (exact) mass is 111 g/mol. The summed E-state index contributed by atoms with van der Waals surface area (Å²) < 4.78 is 4.34. The van der Waals surface area contributed by atoms with Gasteiger partial charge in [-0.1, -0.05) is 0 Å². The molecule has 0 atom stereocenters. The molecule has 0 aliphatic carbocycles. The molecule has 0 aromatic heterocycles. The van der Waals surface area contributed by atoms with Crippen LogP contribution in [0.25, 0.3) is 0 Å². The lowest BCUT2D eigenvalue weighted by molar-refractivity contribution is -0.148. The molecule has 3 heteroatoms. The van der Waals surface area contributed by atoms with E-state index in [-0.39, 0.29) is 12.4 Å². The first-order chi connectivity index (χ1) is 3.83. The maximum atomic E-state index is 9.99. The Bertz CT molecular complexity index is 147. The van der Waals surface area contributed by atoms with Crippen molar-refractivity contribution in [3.8, 4) is 0 Å². The number of esters is 1. The Hall–Kier alpha value is -1.12. The van der Waals surface area contributed by atoms with Crippen LogP contribution in [-0.2, 0) is 14.3 Å². The molecule has 0 N–H and O–H groups in total. The zero-order valence-corrected chi connectivity index (χ0v) is 4.01. The summed E-state index contributed by atoms with van der Waals surface area (Å²) in [5.74, 6) is 0.122. The molecule has 0 bridgehead atoms. The first-order valence-corrected chi connectivity index (χ1v) is 2.10. The summed E-state index contributed by atoms with van der Waals surface area (Å²) in [6, 6.07) is 0. The van der Waals surface area contributed by atoms with Crippen molar-refractivity contribution >= 4 is 12.3 Å². The summed E-state index contributed by atoms with van der Waals surface area (Å²) in [4.78, 5) is 19.5. The van der Waals surface area contributed by atoms with Crippen LogP contribution in [-0.4, -0.2) is 12.3 Å². The molecule has 0 amide bonds. The summed E-state index contributed by atoms with van der Waals surface area (Å²) in [7, 11) is 0. The van der Waals surface area contributed by atoms with E-state index in [4.69, 9.17) is 0 Å². The molecule has 1 rings (SSSR count). The number of ether oxygens (including phenoxy) is 1. The highest BCUT2D eigenvalue weighted by Gasteiger charge is 2.20. The number of cyclic esters (lactones) is 1. The second-order valence-electron chi connectivity index (χ2n) is 1.38. The van der Waals surface area contributed by atoms with Gasteiger partial charge in [0.2, 0.25) is 6.29 Å². The van der Waals surface area contributed by atoms with Gasteiger partial charge in [0.15, 0.2) is 0 Å². The Morgan fingerprint density at radius 2 is 2.38 bits per heavy atom. The van der Waals surface area contributed by atoms with E-state index in [9.17, 15) is 9.59 Å². The number of hydrogen-bond acceptors (Lipinski definition) is 3. The summed E-state index contributed by atoms with van der Waals surface area (Å²) in [5.41, 5.74) is 0. The van der Waals surface area contributed by atoms with Gasteiger partial charge >= 0.3 is 5.97 Å². The maximum Gasteiger partial charge on any atom is 0.318 e. The maximum absolute atomic E-state index is 9.99. The first-order valence-electron chi connectivity index (χ1n) is 2.10. The SMILES string of the molecule is O=[C]C=C1CC(=O)O1. The highest BCUT2D eigenvalue weighted by Crippen LogP contribution is 2.15. The fourth-order valence-electron chi connectivity index (χ4n) is 0.426. The third-order valence-corrected chi connectivity index (χ3v) is 0.783. The smallest absolute Gasteiger partial charge is 0.318 e.